The molecule has 0 fully saturated rings. The number of methoxy groups -OCH3 is 2. The van der Waals surface area contributed by atoms with Gasteiger partial charge in [0.1, 0.15) is 11.4 Å². The van der Waals surface area contributed by atoms with E-state index in [1.165, 1.54) is 14.2 Å². The number of carbonyl (C=O) groups excluding carboxylic acids is 4. The van der Waals surface area contributed by atoms with Crippen LogP contribution in [0.4, 0.5) is 11.4 Å². The fourth-order valence-electron chi connectivity index (χ4n) is 8.95. The highest BCUT2D eigenvalue weighted by molar-refractivity contribution is 5.97. The molecular formula is C44H58N8O10. The summed E-state index contributed by atoms with van der Waals surface area (Å²) in [7, 11) is 2.68. The number of hydrogen-bond donors (Lipinski definition) is 0. The minimum atomic E-state index is -0.455. The minimum absolute atomic E-state index is 0.0258. The van der Waals surface area contributed by atoms with Crippen LogP contribution in [0.15, 0.2) is 48.8 Å². The third-order valence-corrected chi connectivity index (χ3v) is 11.7. The first-order valence-corrected chi connectivity index (χ1v) is 21.1. The van der Waals surface area contributed by atoms with Crippen LogP contribution in [0.3, 0.4) is 0 Å². The highest BCUT2D eigenvalue weighted by atomic mass is 16.6. The first-order chi connectivity index (χ1) is 29.9. The van der Waals surface area contributed by atoms with Gasteiger partial charge in [0.15, 0.2) is 0 Å². The predicted octanol–water partition coefficient (Wildman–Crippen LogP) is 4.95. The van der Waals surface area contributed by atoms with Crippen LogP contribution in [-0.4, -0.2) is 120 Å². The number of rotatable bonds is 19. The largest absolute Gasteiger partial charge is 0.465 e. The summed E-state index contributed by atoms with van der Waals surface area (Å²) in [5.74, 6) is -1.09. The molecule has 1 unspecified atom stereocenters. The van der Waals surface area contributed by atoms with Crippen LogP contribution in [0.1, 0.15) is 110 Å². The normalized spacial score (nSPS) is 20.7. The monoisotopic (exact) mass is 858 g/mol. The lowest BCUT2D eigenvalue weighted by atomic mass is 9.80. The van der Waals surface area contributed by atoms with Crippen molar-refractivity contribution in [2.45, 2.75) is 91.8 Å². The van der Waals surface area contributed by atoms with E-state index in [1.807, 2.05) is 22.2 Å². The van der Waals surface area contributed by atoms with Gasteiger partial charge in [-0.3, -0.25) is 9.59 Å². The zero-order chi connectivity index (χ0) is 44.5. The average Bonchev–Trinajstić information content (AvgIpc) is 3.94. The maximum atomic E-state index is 12.8. The van der Waals surface area contributed by atoms with Crippen molar-refractivity contribution in [2.75, 3.05) is 63.7 Å². The molecule has 4 aromatic rings. The summed E-state index contributed by atoms with van der Waals surface area (Å²) >= 11 is 0. The quantitative estimate of drug-likeness (QED) is 0.0909. The SMILES string of the molecule is CC[C@H]1[C@@H](C)[C@H](n2cc(COCCOCCOCCOCc3cn(C4c5cc(C(=O)OC)ccc5N(C(C)=O)[C@@H](CC)[C@H]4C)nn3)nn2)c2cc(C(=O)OC)ccc2N1C(C)=O. The standard InChI is InChI=1S/C44H58N8O10/c1-9-37-27(3)41(35-21-31(43(55)57-7)11-13-39(35)51(37)29(5)53)49-23-33(45-47-49)25-61-19-17-59-15-16-60-18-20-62-26-34-24-50(48-46-34)42-28(4)38(10-2)52(30(6)54)40-14-12-32(22-36(40)42)44(56)58-8/h11-14,21-24,27-28,37-38,41-42H,9-10,15-20,25-26H2,1-8H3/t27-,28-,37+,38+,41+,42?/m1/s1. The number of fused-ring (bicyclic) bond motifs is 2. The number of amides is 2. The molecule has 18 heteroatoms. The van der Waals surface area contributed by atoms with Crippen LogP contribution in [0.5, 0.6) is 0 Å². The minimum Gasteiger partial charge on any atom is -0.465 e. The van der Waals surface area contributed by atoms with Crippen LogP contribution in [0.2, 0.25) is 0 Å². The number of aromatic nitrogens is 6. The van der Waals surface area contributed by atoms with Crippen molar-refractivity contribution in [1.29, 1.82) is 0 Å². The molecule has 2 aliphatic heterocycles. The van der Waals surface area contributed by atoms with E-state index >= 15 is 0 Å². The van der Waals surface area contributed by atoms with Crippen LogP contribution in [0, 0.1) is 11.8 Å². The van der Waals surface area contributed by atoms with Gasteiger partial charge in [-0.05, 0) is 49.2 Å². The molecule has 62 heavy (non-hydrogen) atoms. The summed E-state index contributed by atoms with van der Waals surface area (Å²) in [4.78, 5) is 54.1. The van der Waals surface area contributed by atoms with Gasteiger partial charge in [0.25, 0.3) is 0 Å². The van der Waals surface area contributed by atoms with Gasteiger partial charge in [0, 0.05) is 60.3 Å². The van der Waals surface area contributed by atoms with Crippen molar-refractivity contribution in [1.82, 2.24) is 30.0 Å². The van der Waals surface area contributed by atoms with Crippen LogP contribution in [-0.2, 0) is 51.2 Å². The molecule has 6 atom stereocenters. The maximum Gasteiger partial charge on any atom is 0.337 e. The van der Waals surface area contributed by atoms with Gasteiger partial charge in [-0.1, -0.05) is 38.1 Å². The summed E-state index contributed by atoms with van der Waals surface area (Å²) < 4.78 is 36.5. The van der Waals surface area contributed by atoms with Crippen LogP contribution >= 0.6 is 0 Å². The number of benzene rings is 2. The Bertz CT molecular complexity index is 2040. The molecule has 18 nitrogen and oxygen atoms in total. The molecular weight excluding hydrogens is 801 g/mol. The summed E-state index contributed by atoms with van der Waals surface area (Å²) in [6, 6.07) is 9.85. The fourth-order valence-corrected chi connectivity index (χ4v) is 8.95. The van der Waals surface area contributed by atoms with Gasteiger partial charge in [-0.15, -0.1) is 10.2 Å². The van der Waals surface area contributed by atoms with Crippen molar-refractivity contribution in [3.63, 3.8) is 0 Å². The van der Waals surface area contributed by atoms with E-state index in [2.05, 4.69) is 48.3 Å². The Morgan fingerprint density at radius 3 is 1.29 bits per heavy atom. The number of anilines is 2. The van der Waals surface area contributed by atoms with E-state index in [-0.39, 0.29) is 61.0 Å². The molecule has 4 heterocycles. The zero-order valence-corrected chi connectivity index (χ0v) is 36.8. The highest BCUT2D eigenvalue weighted by Crippen LogP contribution is 2.45. The zero-order valence-electron chi connectivity index (χ0n) is 36.8. The smallest absolute Gasteiger partial charge is 0.337 e. The van der Waals surface area contributed by atoms with Gasteiger partial charge < -0.3 is 38.2 Å². The molecule has 2 aromatic carbocycles. The molecule has 0 saturated heterocycles. The second kappa shape index (κ2) is 21.0. The summed E-state index contributed by atoms with van der Waals surface area (Å²) in [5.41, 5.74) is 5.17. The number of carbonyl (C=O) groups is 4. The van der Waals surface area contributed by atoms with Crippen molar-refractivity contribution in [3.8, 4) is 0 Å². The Hall–Kier alpha value is -5.56. The number of esters is 2. The average molecular weight is 859 g/mol. The molecule has 0 aliphatic carbocycles. The molecule has 334 valence electrons. The first kappa shape index (κ1) is 46.0. The molecule has 0 bridgehead atoms. The molecule has 0 saturated carbocycles. The molecule has 0 N–H and O–H groups in total. The van der Waals surface area contributed by atoms with E-state index in [9.17, 15) is 19.2 Å². The Morgan fingerprint density at radius 1 is 0.581 bits per heavy atom. The van der Waals surface area contributed by atoms with Gasteiger partial charge >= 0.3 is 11.9 Å². The molecule has 6 rings (SSSR count). The number of ether oxygens (including phenoxy) is 6. The highest BCUT2D eigenvalue weighted by Gasteiger charge is 2.43. The van der Waals surface area contributed by atoms with E-state index in [0.29, 0.717) is 62.2 Å². The van der Waals surface area contributed by atoms with Crippen LogP contribution < -0.4 is 9.80 Å². The Morgan fingerprint density at radius 2 is 0.952 bits per heavy atom. The molecule has 0 radical (unpaired) electrons. The predicted molar refractivity (Wildman–Crippen MR) is 226 cm³/mol. The fraction of sp³-hybridized carbons (Fsp3) is 0.545. The molecule has 2 amide bonds. The summed E-state index contributed by atoms with van der Waals surface area (Å²) in [6.07, 6.45) is 5.18. The third-order valence-electron chi connectivity index (χ3n) is 11.7. The maximum absolute atomic E-state index is 12.8. The van der Waals surface area contributed by atoms with E-state index in [0.717, 1.165) is 35.3 Å². The van der Waals surface area contributed by atoms with Crippen LogP contribution in [0.25, 0.3) is 0 Å². The van der Waals surface area contributed by atoms with E-state index < -0.39 is 11.9 Å². The first-order valence-electron chi connectivity index (χ1n) is 21.1. The van der Waals surface area contributed by atoms with Crippen molar-refractivity contribution < 1.29 is 47.6 Å². The summed E-state index contributed by atoms with van der Waals surface area (Å²) in [6.45, 7) is 14.1. The number of nitrogens with zero attached hydrogens (tertiary/aromatic N) is 8. The van der Waals surface area contributed by atoms with Crippen molar-refractivity contribution in [3.05, 3.63) is 82.4 Å². The van der Waals surface area contributed by atoms with E-state index in [1.54, 1.807) is 59.6 Å². The summed E-state index contributed by atoms with van der Waals surface area (Å²) in [5, 5.41) is 17.6. The van der Waals surface area contributed by atoms with Crippen molar-refractivity contribution in [2.24, 2.45) is 11.8 Å². The Kier molecular flexibility index (Phi) is 15.6. The van der Waals surface area contributed by atoms with Gasteiger partial charge in [-0.2, -0.15) is 0 Å². The number of hydrogen-bond acceptors (Lipinski definition) is 14. The lowest BCUT2D eigenvalue weighted by Gasteiger charge is -2.44. The molecule has 2 aliphatic rings. The van der Waals surface area contributed by atoms with Gasteiger partial charge in [-0.25, -0.2) is 19.0 Å². The third kappa shape index (κ3) is 9.88. The van der Waals surface area contributed by atoms with Gasteiger partial charge in [0.2, 0.25) is 11.8 Å². The molecule has 2 aromatic heterocycles. The van der Waals surface area contributed by atoms with Gasteiger partial charge in [0.05, 0.1) is 103 Å². The second-order valence-corrected chi connectivity index (χ2v) is 15.6. The van der Waals surface area contributed by atoms with Crippen molar-refractivity contribution >= 4 is 35.1 Å². The Balaban J connectivity index is 0.916. The topological polar surface area (TPSA) is 192 Å². The second-order valence-electron chi connectivity index (χ2n) is 15.6. The van der Waals surface area contributed by atoms with E-state index in [4.69, 9.17) is 28.4 Å². The lowest BCUT2D eigenvalue weighted by Crippen LogP contribution is -2.49. The lowest BCUT2D eigenvalue weighted by molar-refractivity contribution is -0.118. The Labute approximate surface area is 361 Å². The molecule has 0 spiro atoms.